The van der Waals surface area contributed by atoms with Crippen LogP contribution in [-0.2, 0) is 0 Å². The molecule has 1 aliphatic heterocycles. The van der Waals surface area contributed by atoms with Gasteiger partial charge in [-0.2, -0.15) is 0 Å². The van der Waals surface area contributed by atoms with E-state index < -0.39 is 0 Å². The first kappa shape index (κ1) is 14.3. The van der Waals surface area contributed by atoms with E-state index in [1.54, 1.807) is 0 Å². The Kier molecular flexibility index (Phi) is 5.50. The van der Waals surface area contributed by atoms with Crippen LogP contribution in [0.1, 0.15) is 59.3 Å². The van der Waals surface area contributed by atoms with Gasteiger partial charge in [0.25, 0.3) is 0 Å². The van der Waals surface area contributed by atoms with Gasteiger partial charge in [-0.05, 0) is 51.1 Å². The zero-order valence-electron chi connectivity index (χ0n) is 12.6. The third kappa shape index (κ3) is 3.96. The van der Waals surface area contributed by atoms with Gasteiger partial charge in [0.15, 0.2) is 0 Å². The minimum absolute atomic E-state index is 0.654. The van der Waals surface area contributed by atoms with Gasteiger partial charge in [-0.25, -0.2) is 0 Å². The minimum atomic E-state index is 0.654. The van der Waals surface area contributed by atoms with Crippen LogP contribution in [0, 0.1) is 11.8 Å². The highest BCUT2D eigenvalue weighted by Crippen LogP contribution is 2.29. The van der Waals surface area contributed by atoms with Crippen LogP contribution >= 0.6 is 0 Å². The molecule has 2 fully saturated rings. The zero-order chi connectivity index (χ0) is 13.0. The molecule has 4 unspecified atom stereocenters. The molecule has 1 heterocycles. The van der Waals surface area contributed by atoms with E-state index in [2.05, 4.69) is 31.0 Å². The van der Waals surface area contributed by atoms with Crippen molar-refractivity contribution in [1.82, 2.24) is 10.2 Å². The fourth-order valence-corrected chi connectivity index (χ4v) is 3.76. The molecule has 2 rings (SSSR count). The molecule has 2 heteroatoms. The predicted molar refractivity (Wildman–Crippen MR) is 78.9 cm³/mol. The van der Waals surface area contributed by atoms with Crippen molar-refractivity contribution in [3.05, 3.63) is 0 Å². The second kappa shape index (κ2) is 6.91. The maximum atomic E-state index is 3.90. The number of piperidine rings is 1. The Morgan fingerprint density at radius 2 is 1.78 bits per heavy atom. The highest BCUT2D eigenvalue weighted by atomic mass is 15.2. The summed E-state index contributed by atoms with van der Waals surface area (Å²) in [6.45, 7) is 11.1. The second-order valence-corrected chi connectivity index (χ2v) is 6.80. The Labute approximate surface area is 114 Å². The summed E-state index contributed by atoms with van der Waals surface area (Å²) in [7, 11) is 0. The quantitative estimate of drug-likeness (QED) is 0.826. The molecule has 0 aromatic carbocycles. The summed E-state index contributed by atoms with van der Waals surface area (Å²) in [5.74, 6) is 1.75. The average Bonchev–Trinajstić information content (AvgIpc) is 2.36. The maximum Gasteiger partial charge on any atom is 0.0169 e. The molecular formula is C16H32N2. The number of nitrogens with zero attached hydrogens (tertiary/aromatic N) is 1. The summed E-state index contributed by atoms with van der Waals surface area (Å²) in [6.07, 6.45) is 8.48. The summed E-state index contributed by atoms with van der Waals surface area (Å²) in [5, 5.41) is 3.90. The van der Waals surface area contributed by atoms with E-state index in [0.29, 0.717) is 6.04 Å². The number of nitrogens with one attached hydrogen (secondary N) is 1. The summed E-state index contributed by atoms with van der Waals surface area (Å²) in [5.41, 5.74) is 0. The van der Waals surface area contributed by atoms with Gasteiger partial charge in [0.2, 0.25) is 0 Å². The van der Waals surface area contributed by atoms with Crippen LogP contribution in [0.3, 0.4) is 0 Å². The molecule has 1 aliphatic carbocycles. The lowest BCUT2D eigenvalue weighted by molar-refractivity contribution is 0.165. The van der Waals surface area contributed by atoms with E-state index >= 15 is 0 Å². The fourth-order valence-electron chi connectivity index (χ4n) is 3.76. The van der Waals surface area contributed by atoms with E-state index in [0.717, 1.165) is 17.9 Å². The molecule has 1 saturated heterocycles. The molecule has 4 atom stereocenters. The molecule has 18 heavy (non-hydrogen) atoms. The summed E-state index contributed by atoms with van der Waals surface area (Å²) in [4.78, 5) is 2.65. The lowest BCUT2D eigenvalue weighted by Gasteiger charge is -2.38. The van der Waals surface area contributed by atoms with Gasteiger partial charge < -0.3 is 10.2 Å². The molecule has 2 nitrogen and oxygen atoms in total. The number of hydrogen-bond acceptors (Lipinski definition) is 2. The third-order valence-corrected chi connectivity index (χ3v) is 5.19. The molecule has 106 valence electrons. The number of hydrogen-bond donors (Lipinski definition) is 1. The molecule has 1 saturated carbocycles. The Bertz CT molecular complexity index is 235. The molecule has 1 N–H and O–H groups in total. The Morgan fingerprint density at radius 1 is 1.06 bits per heavy atom. The van der Waals surface area contributed by atoms with Gasteiger partial charge in [0, 0.05) is 18.6 Å². The first-order chi connectivity index (χ1) is 8.66. The Hall–Kier alpha value is -0.0800. The van der Waals surface area contributed by atoms with Crippen molar-refractivity contribution in [3.8, 4) is 0 Å². The van der Waals surface area contributed by atoms with Crippen molar-refractivity contribution >= 4 is 0 Å². The van der Waals surface area contributed by atoms with Gasteiger partial charge in [0.05, 0.1) is 0 Å². The summed E-state index contributed by atoms with van der Waals surface area (Å²) in [6, 6.07) is 1.41. The molecular weight excluding hydrogens is 220 g/mol. The van der Waals surface area contributed by atoms with E-state index in [4.69, 9.17) is 0 Å². The molecule has 0 amide bonds. The van der Waals surface area contributed by atoms with Crippen LogP contribution < -0.4 is 5.32 Å². The molecule has 0 radical (unpaired) electrons. The van der Waals surface area contributed by atoms with Crippen molar-refractivity contribution in [1.29, 1.82) is 0 Å². The van der Waals surface area contributed by atoms with Crippen molar-refractivity contribution in [3.63, 3.8) is 0 Å². The lowest BCUT2D eigenvalue weighted by atomic mass is 9.78. The fraction of sp³-hybridized carbons (Fsp3) is 1.00. The Morgan fingerprint density at radius 3 is 2.50 bits per heavy atom. The van der Waals surface area contributed by atoms with Crippen molar-refractivity contribution in [2.75, 3.05) is 19.6 Å². The van der Waals surface area contributed by atoms with E-state index in [1.165, 1.54) is 58.2 Å². The monoisotopic (exact) mass is 252 g/mol. The normalized spacial score (nSPS) is 36.5. The molecule has 0 spiro atoms. The van der Waals surface area contributed by atoms with Gasteiger partial charge in [-0.1, -0.05) is 33.1 Å². The minimum Gasteiger partial charge on any atom is -0.310 e. The highest BCUT2D eigenvalue weighted by Gasteiger charge is 2.28. The number of rotatable bonds is 4. The van der Waals surface area contributed by atoms with Crippen LogP contribution in [0.5, 0.6) is 0 Å². The maximum absolute atomic E-state index is 3.90. The van der Waals surface area contributed by atoms with Crippen LogP contribution in [0.2, 0.25) is 0 Å². The van der Waals surface area contributed by atoms with Gasteiger partial charge >= 0.3 is 0 Å². The molecule has 0 aromatic heterocycles. The van der Waals surface area contributed by atoms with Gasteiger partial charge in [-0.3, -0.25) is 0 Å². The van der Waals surface area contributed by atoms with Crippen LogP contribution in [-0.4, -0.2) is 36.6 Å². The largest absolute Gasteiger partial charge is 0.310 e. The van der Waals surface area contributed by atoms with Crippen LogP contribution in [0.4, 0.5) is 0 Å². The summed E-state index contributed by atoms with van der Waals surface area (Å²) < 4.78 is 0. The molecule has 0 bridgehead atoms. The van der Waals surface area contributed by atoms with Crippen molar-refractivity contribution < 1.29 is 0 Å². The van der Waals surface area contributed by atoms with Gasteiger partial charge in [0.1, 0.15) is 0 Å². The average molecular weight is 252 g/mol. The molecule has 2 aliphatic rings. The standard InChI is InChI=1S/C16H32N2/c1-13-8-7-9-16(15(13)3)17-14(2)12-18-10-5-4-6-11-18/h13-17H,4-12H2,1-3H3. The Balaban J connectivity index is 1.73. The first-order valence-corrected chi connectivity index (χ1v) is 8.15. The lowest BCUT2D eigenvalue weighted by Crippen LogP contribution is -2.49. The predicted octanol–water partition coefficient (Wildman–Crippen LogP) is 3.28. The van der Waals surface area contributed by atoms with Crippen molar-refractivity contribution in [2.24, 2.45) is 11.8 Å². The van der Waals surface area contributed by atoms with Crippen LogP contribution in [0.25, 0.3) is 0 Å². The zero-order valence-corrected chi connectivity index (χ0v) is 12.6. The molecule has 0 aromatic rings. The van der Waals surface area contributed by atoms with Gasteiger partial charge in [-0.15, -0.1) is 0 Å². The van der Waals surface area contributed by atoms with E-state index in [-0.39, 0.29) is 0 Å². The van der Waals surface area contributed by atoms with E-state index in [9.17, 15) is 0 Å². The second-order valence-electron chi connectivity index (χ2n) is 6.80. The summed E-state index contributed by atoms with van der Waals surface area (Å²) >= 11 is 0. The van der Waals surface area contributed by atoms with E-state index in [1.807, 2.05) is 0 Å². The highest BCUT2D eigenvalue weighted by molar-refractivity contribution is 4.85. The smallest absolute Gasteiger partial charge is 0.0169 e. The van der Waals surface area contributed by atoms with Crippen LogP contribution in [0.15, 0.2) is 0 Å². The first-order valence-electron chi connectivity index (χ1n) is 8.15. The topological polar surface area (TPSA) is 15.3 Å². The van der Waals surface area contributed by atoms with Crippen molar-refractivity contribution in [2.45, 2.75) is 71.4 Å². The number of likely N-dealkylation sites (tertiary alicyclic amines) is 1. The SMILES string of the molecule is CC(CN1CCCCC1)NC1CCCC(C)C1C. The third-order valence-electron chi connectivity index (χ3n) is 5.19.